The minimum Gasteiger partial charge on any atom is -0.369 e. The van der Waals surface area contributed by atoms with Gasteiger partial charge in [0.05, 0.1) is 16.5 Å². The van der Waals surface area contributed by atoms with Crippen LogP contribution in [-0.4, -0.2) is 42.8 Å². The summed E-state index contributed by atoms with van der Waals surface area (Å²) in [6, 6.07) is 3.45. The minimum atomic E-state index is -3.85. The predicted octanol–water partition coefficient (Wildman–Crippen LogP) is 2.94. The zero-order valence-corrected chi connectivity index (χ0v) is 17.2. The molecular formula is C17H16ClN5O3S2. The van der Waals surface area contributed by atoms with Crippen LogP contribution in [0.25, 0.3) is 15.3 Å². The van der Waals surface area contributed by atoms with Gasteiger partial charge in [-0.2, -0.15) is 0 Å². The molecule has 8 nitrogen and oxygen atoms in total. The van der Waals surface area contributed by atoms with Gasteiger partial charge >= 0.3 is 0 Å². The normalized spacial score (nSPS) is 26.2. The number of aliphatic imine (C=N–C) groups is 1. The molecule has 0 saturated carbocycles. The standard InChI is InChI=1S/C17H16ClN5O3S2/c1-20-11-6-10(8-21-9-11)13-7-12(18)14(27-13)17-4-3-5-26-15(17)28(24,25)23(2)16(19)22-17/h6-9,15H,3-5H2,2H3,(H2,19,22)/t15?,17-/m1/s1. The molecule has 2 N–H and O–H groups in total. The first kappa shape index (κ1) is 19.1. The van der Waals surface area contributed by atoms with Crippen molar-refractivity contribution < 1.29 is 13.2 Å². The van der Waals surface area contributed by atoms with Crippen molar-refractivity contribution in [2.24, 2.45) is 10.7 Å². The summed E-state index contributed by atoms with van der Waals surface area (Å²) < 4.78 is 32.6. The third kappa shape index (κ3) is 2.78. The van der Waals surface area contributed by atoms with Gasteiger partial charge in [0.2, 0.25) is 17.1 Å². The summed E-state index contributed by atoms with van der Waals surface area (Å²) in [4.78, 5) is 13.4. The van der Waals surface area contributed by atoms with E-state index in [1.165, 1.54) is 24.6 Å². The van der Waals surface area contributed by atoms with Crippen molar-refractivity contribution in [1.29, 1.82) is 0 Å². The predicted molar refractivity (Wildman–Crippen MR) is 108 cm³/mol. The quantitative estimate of drug-likeness (QED) is 0.727. The topological polar surface area (TPSA) is 102 Å². The van der Waals surface area contributed by atoms with E-state index >= 15 is 0 Å². The summed E-state index contributed by atoms with van der Waals surface area (Å²) in [5.74, 6) is -0.0931. The molecule has 2 aliphatic rings. The molecule has 1 saturated heterocycles. The van der Waals surface area contributed by atoms with Crippen molar-refractivity contribution in [3.8, 4) is 10.4 Å². The van der Waals surface area contributed by atoms with Gasteiger partial charge in [-0.05, 0) is 30.5 Å². The SMILES string of the molecule is [C-]#[N+]c1cncc(-c2cc(Cl)c([C@]34CCCOC3S(=O)(=O)N(C)C(N)=N4)s2)c1. The number of hydrogen-bond acceptors (Lipinski definition) is 7. The van der Waals surface area contributed by atoms with E-state index in [4.69, 9.17) is 28.6 Å². The fraction of sp³-hybridized carbons (Fsp3) is 0.353. The average Bonchev–Trinajstić information content (AvgIpc) is 3.09. The van der Waals surface area contributed by atoms with Gasteiger partial charge in [0.15, 0.2) is 0 Å². The molecule has 2 aliphatic heterocycles. The van der Waals surface area contributed by atoms with Crippen LogP contribution in [-0.2, 0) is 20.3 Å². The molecule has 0 aromatic carbocycles. The molecule has 4 heterocycles. The number of nitrogens with zero attached hydrogens (tertiary/aromatic N) is 4. The van der Waals surface area contributed by atoms with Crippen LogP contribution in [0.2, 0.25) is 5.02 Å². The fourth-order valence-corrected chi connectivity index (χ4v) is 6.86. The monoisotopic (exact) mass is 437 g/mol. The van der Waals surface area contributed by atoms with Crippen LogP contribution >= 0.6 is 22.9 Å². The zero-order chi connectivity index (χ0) is 20.1. The summed E-state index contributed by atoms with van der Waals surface area (Å²) >= 11 is 7.87. The number of rotatable bonds is 2. The Labute approximate surface area is 171 Å². The van der Waals surface area contributed by atoms with Crippen molar-refractivity contribution >= 4 is 44.6 Å². The van der Waals surface area contributed by atoms with Crippen molar-refractivity contribution in [1.82, 2.24) is 9.29 Å². The first-order valence-corrected chi connectivity index (χ1v) is 11.1. The molecule has 0 spiro atoms. The third-order valence-electron chi connectivity index (χ3n) is 4.87. The lowest BCUT2D eigenvalue weighted by atomic mass is 9.90. The van der Waals surface area contributed by atoms with Gasteiger partial charge in [-0.15, -0.1) is 11.3 Å². The van der Waals surface area contributed by atoms with Gasteiger partial charge in [-0.1, -0.05) is 11.6 Å². The van der Waals surface area contributed by atoms with Gasteiger partial charge in [-0.3, -0.25) is 4.98 Å². The molecule has 1 fully saturated rings. The number of thiophene rings is 1. The van der Waals surface area contributed by atoms with E-state index in [-0.39, 0.29) is 5.96 Å². The molecular weight excluding hydrogens is 422 g/mol. The molecule has 28 heavy (non-hydrogen) atoms. The van der Waals surface area contributed by atoms with Crippen molar-refractivity contribution in [2.45, 2.75) is 23.8 Å². The van der Waals surface area contributed by atoms with Crippen LogP contribution < -0.4 is 5.73 Å². The summed E-state index contributed by atoms with van der Waals surface area (Å²) in [6.07, 6.45) is 4.19. The number of aromatic nitrogens is 1. The maximum Gasteiger partial charge on any atom is 0.267 e. The Kier molecular flexibility index (Phi) is 4.58. The number of halogens is 1. The van der Waals surface area contributed by atoms with E-state index in [0.29, 0.717) is 35.0 Å². The van der Waals surface area contributed by atoms with E-state index in [1.807, 2.05) is 0 Å². The second-order valence-corrected chi connectivity index (χ2v) is 10.0. The van der Waals surface area contributed by atoms with Crippen LogP contribution in [0.3, 0.4) is 0 Å². The summed E-state index contributed by atoms with van der Waals surface area (Å²) in [6.45, 7) is 7.48. The number of fused-ring (bicyclic) bond motifs is 1. The van der Waals surface area contributed by atoms with E-state index in [0.717, 1.165) is 14.7 Å². The van der Waals surface area contributed by atoms with Crippen LogP contribution in [0.1, 0.15) is 17.7 Å². The number of nitrogens with two attached hydrogens (primary N) is 1. The summed E-state index contributed by atoms with van der Waals surface area (Å²) in [5.41, 5.74) is 4.69. The van der Waals surface area contributed by atoms with Gasteiger partial charge in [-0.25, -0.2) is 22.6 Å². The van der Waals surface area contributed by atoms with Gasteiger partial charge in [0.1, 0.15) is 5.54 Å². The van der Waals surface area contributed by atoms with Crippen LogP contribution in [0.15, 0.2) is 29.5 Å². The molecule has 1 unspecified atom stereocenters. The largest absolute Gasteiger partial charge is 0.369 e. The second kappa shape index (κ2) is 6.70. The molecule has 0 radical (unpaired) electrons. The number of ether oxygens (including phenoxy) is 1. The molecule has 2 aromatic rings. The molecule has 0 bridgehead atoms. The molecule has 2 aromatic heterocycles. The number of guanidine groups is 1. The van der Waals surface area contributed by atoms with E-state index < -0.39 is 21.0 Å². The Hall–Kier alpha value is -2.19. The minimum absolute atomic E-state index is 0.0931. The summed E-state index contributed by atoms with van der Waals surface area (Å²) in [7, 11) is -2.49. The maximum absolute atomic E-state index is 13.0. The van der Waals surface area contributed by atoms with E-state index in [9.17, 15) is 8.42 Å². The third-order valence-corrected chi connectivity index (χ3v) is 8.65. The highest BCUT2D eigenvalue weighted by Gasteiger charge is 2.57. The molecule has 2 atom stereocenters. The van der Waals surface area contributed by atoms with Crippen molar-refractivity contribution in [2.75, 3.05) is 13.7 Å². The highest BCUT2D eigenvalue weighted by molar-refractivity contribution is 7.90. The number of sulfonamides is 1. The van der Waals surface area contributed by atoms with Crippen LogP contribution in [0.5, 0.6) is 0 Å². The van der Waals surface area contributed by atoms with E-state index in [1.54, 1.807) is 18.3 Å². The van der Waals surface area contributed by atoms with Crippen LogP contribution in [0, 0.1) is 6.57 Å². The van der Waals surface area contributed by atoms with Crippen molar-refractivity contribution in [3.63, 3.8) is 0 Å². The first-order chi connectivity index (χ1) is 13.3. The lowest BCUT2D eigenvalue weighted by molar-refractivity contribution is 0.00334. The van der Waals surface area contributed by atoms with Gasteiger partial charge in [0, 0.05) is 30.9 Å². The van der Waals surface area contributed by atoms with Gasteiger partial charge < -0.3 is 10.5 Å². The molecule has 0 aliphatic carbocycles. The van der Waals surface area contributed by atoms with E-state index in [2.05, 4.69) is 14.8 Å². The molecule has 4 rings (SSSR count). The smallest absolute Gasteiger partial charge is 0.267 e. The molecule has 11 heteroatoms. The Morgan fingerprint density at radius 3 is 3.00 bits per heavy atom. The number of pyridine rings is 1. The average molecular weight is 438 g/mol. The summed E-state index contributed by atoms with van der Waals surface area (Å²) in [5, 5.41) is 0.389. The highest BCUT2D eigenvalue weighted by Crippen LogP contribution is 2.51. The van der Waals surface area contributed by atoms with Gasteiger partial charge in [0.25, 0.3) is 10.0 Å². The van der Waals surface area contributed by atoms with Crippen LogP contribution in [0.4, 0.5) is 5.69 Å². The Morgan fingerprint density at radius 2 is 2.25 bits per heavy atom. The highest BCUT2D eigenvalue weighted by atomic mass is 35.5. The number of hydrogen-bond donors (Lipinski definition) is 1. The Bertz CT molecular complexity index is 1120. The maximum atomic E-state index is 13.0. The Balaban J connectivity index is 1.90. The molecule has 0 amide bonds. The lowest BCUT2D eigenvalue weighted by Crippen LogP contribution is -2.59. The fourth-order valence-electron chi connectivity index (χ4n) is 3.48. The first-order valence-electron chi connectivity index (χ1n) is 8.37. The molecule has 146 valence electrons. The van der Waals surface area contributed by atoms with Crippen molar-refractivity contribution in [3.05, 3.63) is 45.8 Å². The lowest BCUT2D eigenvalue weighted by Gasteiger charge is -2.44. The Morgan fingerprint density at radius 1 is 1.46 bits per heavy atom. The zero-order valence-electron chi connectivity index (χ0n) is 14.8. The second-order valence-electron chi connectivity index (χ2n) is 6.54.